The van der Waals surface area contributed by atoms with Crippen LogP contribution in [0.2, 0.25) is 0 Å². The summed E-state index contributed by atoms with van der Waals surface area (Å²) >= 11 is 0. The number of carbonyl (C=O) groups is 1. The summed E-state index contributed by atoms with van der Waals surface area (Å²) in [6, 6.07) is 0. The summed E-state index contributed by atoms with van der Waals surface area (Å²) < 4.78 is 5.05. The van der Waals surface area contributed by atoms with Crippen LogP contribution in [0.5, 0.6) is 0 Å². The van der Waals surface area contributed by atoms with Crippen molar-refractivity contribution < 1.29 is 9.53 Å². The lowest BCUT2D eigenvalue weighted by Gasteiger charge is -2.13. The first kappa shape index (κ1) is 8.49. The molecule has 11 heavy (non-hydrogen) atoms. The van der Waals surface area contributed by atoms with Crippen LogP contribution >= 0.6 is 0 Å². The second-order valence-electron chi connectivity index (χ2n) is 2.69. The van der Waals surface area contributed by atoms with Gasteiger partial charge in [0, 0.05) is 26.7 Å². The molecule has 0 bridgehead atoms. The Morgan fingerprint density at radius 2 is 2.55 bits per heavy atom. The minimum absolute atomic E-state index is 0.0778. The summed E-state index contributed by atoms with van der Waals surface area (Å²) in [4.78, 5) is 12.9. The predicted molar refractivity (Wildman–Crippen MR) is 41.0 cm³/mol. The zero-order valence-electron chi connectivity index (χ0n) is 6.75. The minimum atomic E-state index is 0.0778. The van der Waals surface area contributed by atoms with E-state index in [-0.39, 0.29) is 12.0 Å². The zero-order chi connectivity index (χ0) is 8.27. The van der Waals surface area contributed by atoms with Crippen LogP contribution < -0.4 is 5.73 Å². The number of ether oxygens (including phenoxy) is 1. The molecule has 0 spiro atoms. The number of nitrogens with zero attached hydrogens (tertiary/aromatic N) is 1. The highest BCUT2D eigenvalue weighted by molar-refractivity contribution is 5.79. The molecule has 4 heteroatoms. The molecule has 1 aliphatic rings. The molecule has 1 atom stereocenters. The SMILES string of the molecule is CO[C@@H]1CC(=O)N(CCN)C1. The molecule has 0 unspecified atom stereocenters. The molecule has 0 aromatic rings. The van der Waals surface area contributed by atoms with Gasteiger partial charge in [-0.1, -0.05) is 0 Å². The van der Waals surface area contributed by atoms with Gasteiger partial charge in [-0.2, -0.15) is 0 Å². The molecule has 1 aliphatic heterocycles. The van der Waals surface area contributed by atoms with Crippen LogP contribution in [0.25, 0.3) is 0 Å². The molecule has 1 amide bonds. The third-order valence-electron chi connectivity index (χ3n) is 1.91. The van der Waals surface area contributed by atoms with Gasteiger partial charge >= 0.3 is 0 Å². The summed E-state index contributed by atoms with van der Waals surface area (Å²) in [5.74, 6) is 0.155. The van der Waals surface area contributed by atoms with Gasteiger partial charge in [-0.15, -0.1) is 0 Å². The first-order valence-electron chi connectivity index (χ1n) is 3.78. The molecule has 1 heterocycles. The third-order valence-corrected chi connectivity index (χ3v) is 1.91. The first-order chi connectivity index (χ1) is 5.27. The Balaban J connectivity index is 2.38. The van der Waals surface area contributed by atoms with E-state index in [1.807, 2.05) is 0 Å². The molecule has 0 aromatic heterocycles. The zero-order valence-corrected chi connectivity index (χ0v) is 6.75. The number of likely N-dealkylation sites (tertiary alicyclic amines) is 1. The van der Waals surface area contributed by atoms with Gasteiger partial charge in [0.1, 0.15) is 0 Å². The molecule has 2 N–H and O–H groups in total. The normalized spacial score (nSPS) is 24.7. The van der Waals surface area contributed by atoms with Gasteiger partial charge in [0.2, 0.25) is 5.91 Å². The average Bonchev–Trinajstić information content (AvgIpc) is 2.33. The Morgan fingerprint density at radius 1 is 1.82 bits per heavy atom. The van der Waals surface area contributed by atoms with Crippen LogP contribution in [-0.4, -0.2) is 43.7 Å². The van der Waals surface area contributed by atoms with Crippen LogP contribution in [0.3, 0.4) is 0 Å². The molecule has 1 rings (SSSR count). The van der Waals surface area contributed by atoms with E-state index in [9.17, 15) is 4.79 Å². The molecule has 0 aliphatic carbocycles. The van der Waals surface area contributed by atoms with E-state index in [0.717, 1.165) is 0 Å². The maximum atomic E-state index is 11.1. The second kappa shape index (κ2) is 3.69. The molecule has 0 radical (unpaired) electrons. The van der Waals surface area contributed by atoms with Crippen molar-refractivity contribution in [2.45, 2.75) is 12.5 Å². The molecule has 1 fully saturated rings. The van der Waals surface area contributed by atoms with Crippen molar-refractivity contribution in [2.75, 3.05) is 26.7 Å². The minimum Gasteiger partial charge on any atom is -0.379 e. The fraction of sp³-hybridized carbons (Fsp3) is 0.857. The van der Waals surface area contributed by atoms with Gasteiger partial charge in [0.05, 0.1) is 12.5 Å². The fourth-order valence-corrected chi connectivity index (χ4v) is 1.27. The maximum Gasteiger partial charge on any atom is 0.225 e. The van der Waals surface area contributed by atoms with E-state index < -0.39 is 0 Å². The van der Waals surface area contributed by atoms with Crippen LogP contribution in [0.15, 0.2) is 0 Å². The number of carbonyl (C=O) groups excluding carboxylic acids is 1. The molecular weight excluding hydrogens is 144 g/mol. The van der Waals surface area contributed by atoms with Crippen molar-refractivity contribution in [1.29, 1.82) is 0 Å². The average molecular weight is 158 g/mol. The van der Waals surface area contributed by atoms with Crippen molar-refractivity contribution in [2.24, 2.45) is 5.73 Å². The standard InChI is InChI=1S/C7H14N2O2/c1-11-6-4-7(10)9(5-6)3-2-8/h6H,2-5,8H2,1H3/t6-/m1/s1. The quantitative estimate of drug-likeness (QED) is 0.584. The van der Waals surface area contributed by atoms with Crippen molar-refractivity contribution in [3.05, 3.63) is 0 Å². The number of methoxy groups -OCH3 is 1. The van der Waals surface area contributed by atoms with Crippen molar-refractivity contribution >= 4 is 5.91 Å². The van der Waals surface area contributed by atoms with Crippen LogP contribution in [0.4, 0.5) is 0 Å². The number of hydrogen-bond donors (Lipinski definition) is 1. The lowest BCUT2D eigenvalue weighted by molar-refractivity contribution is -0.127. The summed E-state index contributed by atoms with van der Waals surface area (Å²) in [6.07, 6.45) is 0.588. The lowest BCUT2D eigenvalue weighted by Crippen LogP contribution is -2.31. The Bertz CT molecular complexity index is 149. The highest BCUT2D eigenvalue weighted by atomic mass is 16.5. The second-order valence-corrected chi connectivity index (χ2v) is 2.69. The van der Waals surface area contributed by atoms with E-state index in [1.165, 1.54) is 0 Å². The van der Waals surface area contributed by atoms with Gasteiger partial charge in [-0.25, -0.2) is 0 Å². The highest BCUT2D eigenvalue weighted by Crippen LogP contribution is 2.12. The maximum absolute atomic E-state index is 11.1. The summed E-state index contributed by atoms with van der Waals surface area (Å²) in [5, 5.41) is 0. The largest absolute Gasteiger partial charge is 0.379 e. The molecule has 4 nitrogen and oxygen atoms in total. The fourth-order valence-electron chi connectivity index (χ4n) is 1.27. The summed E-state index contributed by atoms with van der Waals surface area (Å²) in [6.45, 7) is 1.88. The molecule has 0 saturated carbocycles. The predicted octanol–water partition coefficient (Wildman–Crippen LogP) is -0.808. The number of hydrogen-bond acceptors (Lipinski definition) is 3. The number of amides is 1. The first-order valence-corrected chi connectivity index (χ1v) is 3.78. The smallest absolute Gasteiger partial charge is 0.225 e. The summed E-state index contributed by atoms with van der Waals surface area (Å²) in [7, 11) is 1.63. The van der Waals surface area contributed by atoms with Crippen LogP contribution in [-0.2, 0) is 9.53 Å². The Labute approximate surface area is 66.3 Å². The lowest BCUT2D eigenvalue weighted by atomic mass is 10.3. The molecule has 1 saturated heterocycles. The van der Waals surface area contributed by atoms with Gasteiger partial charge in [0.25, 0.3) is 0 Å². The Morgan fingerprint density at radius 3 is 3.00 bits per heavy atom. The van der Waals surface area contributed by atoms with E-state index in [0.29, 0.717) is 26.1 Å². The van der Waals surface area contributed by atoms with E-state index in [2.05, 4.69) is 0 Å². The van der Waals surface area contributed by atoms with Crippen LogP contribution in [0.1, 0.15) is 6.42 Å². The molecular formula is C7H14N2O2. The van der Waals surface area contributed by atoms with Gasteiger partial charge in [-0.05, 0) is 0 Å². The monoisotopic (exact) mass is 158 g/mol. The van der Waals surface area contributed by atoms with E-state index in [4.69, 9.17) is 10.5 Å². The highest BCUT2D eigenvalue weighted by Gasteiger charge is 2.28. The number of rotatable bonds is 3. The number of nitrogens with two attached hydrogens (primary N) is 1. The van der Waals surface area contributed by atoms with Crippen molar-refractivity contribution in [3.8, 4) is 0 Å². The van der Waals surface area contributed by atoms with Crippen LogP contribution in [0, 0.1) is 0 Å². The Hall–Kier alpha value is -0.610. The van der Waals surface area contributed by atoms with Gasteiger partial charge in [0.15, 0.2) is 0 Å². The van der Waals surface area contributed by atoms with Crippen molar-refractivity contribution in [3.63, 3.8) is 0 Å². The Kier molecular flexibility index (Phi) is 2.84. The molecule has 64 valence electrons. The van der Waals surface area contributed by atoms with Crippen molar-refractivity contribution in [1.82, 2.24) is 4.90 Å². The van der Waals surface area contributed by atoms with Gasteiger partial charge in [-0.3, -0.25) is 4.79 Å². The van der Waals surface area contributed by atoms with E-state index in [1.54, 1.807) is 12.0 Å². The van der Waals surface area contributed by atoms with Gasteiger partial charge < -0.3 is 15.4 Å². The summed E-state index contributed by atoms with van der Waals surface area (Å²) in [5.41, 5.74) is 5.32. The topological polar surface area (TPSA) is 55.6 Å². The molecule has 0 aromatic carbocycles. The third kappa shape index (κ3) is 1.91. The van der Waals surface area contributed by atoms with E-state index >= 15 is 0 Å².